The number of rotatable bonds is 10. The summed E-state index contributed by atoms with van der Waals surface area (Å²) in [6, 6.07) is 15.0. The van der Waals surface area contributed by atoms with Crippen LogP contribution >= 0.6 is 11.6 Å². The summed E-state index contributed by atoms with van der Waals surface area (Å²) >= 11 is 6.01. The van der Waals surface area contributed by atoms with Gasteiger partial charge in [0.15, 0.2) is 0 Å². The molecule has 0 bridgehead atoms. The molecule has 1 saturated heterocycles. The van der Waals surface area contributed by atoms with E-state index >= 15 is 0 Å². The van der Waals surface area contributed by atoms with Crippen molar-refractivity contribution in [3.63, 3.8) is 0 Å². The zero-order chi connectivity index (χ0) is 27.1. The minimum atomic E-state index is -0.0840. The van der Waals surface area contributed by atoms with E-state index in [0.29, 0.717) is 35.0 Å². The standard InChI is InChI=1S/C30H38ClN5O2/c1-20-18-27(31)34-22(3)28(20)30(37)33-15-11-21(2)36-16-12-25(13-17-36)35-29(24-6-5-14-32-19-24)23-7-9-26(38-4)10-8-23/h5-10,14,18-19,21,25,29,35H,11-13,15-17H2,1-4H3,(H,33,37)/t21-,29?/m1/s1. The van der Waals surface area contributed by atoms with Gasteiger partial charge in [-0.25, -0.2) is 4.98 Å². The maximum Gasteiger partial charge on any atom is 0.253 e. The molecule has 0 radical (unpaired) electrons. The number of aryl methyl sites for hydroxylation is 2. The topological polar surface area (TPSA) is 79.4 Å². The summed E-state index contributed by atoms with van der Waals surface area (Å²) in [5.41, 5.74) is 4.49. The third-order valence-electron chi connectivity index (χ3n) is 7.46. The van der Waals surface area contributed by atoms with E-state index in [4.69, 9.17) is 16.3 Å². The Morgan fingerprint density at radius 3 is 2.53 bits per heavy atom. The Morgan fingerprint density at radius 2 is 1.89 bits per heavy atom. The number of nitrogens with one attached hydrogen (secondary N) is 2. The number of ether oxygens (including phenoxy) is 1. The molecule has 2 N–H and O–H groups in total. The van der Waals surface area contributed by atoms with E-state index in [9.17, 15) is 4.79 Å². The Kier molecular flexibility index (Phi) is 9.72. The van der Waals surface area contributed by atoms with Gasteiger partial charge < -0.3 is 20.3 Å². The first-order valence-electron chi connectivity index (χ1n) is 13.3. The summed E-state index contributed by atoms with van der Waals surface area (Å²) in [4.78, 5) is 23.9. The molecular formula is C30H38ClN5O2. The molecule has 8 heteroatoms. The van der Waals surface area contributed by atoms with Gasteiger partial charge in [0.05, 0.1) is 24.4 Å². The van der Waals surface area contributed by atoms with Gasteiger partial charge in [-0.1, -0.05) is 29.8 Å². The first-order chi connectivity index (χ1) is 18.4. The summed E-state index contributed by atoms with van der Waals surface area (Å²) in [5.74, 6) is 0.770. The molecule has 7 nitrogen and oxygen atoms in total. The first-order valence-corrected chi connectivity index (χ1v) is 13.7. The number of likely N-dealkylation sites (tertiary alicyclic amines) is 1. The molecular weight excluding hydrogens is 498 g/mol. The van der Waals surface area contributed by atoms with E-state index < -0.39 is 0 Å². The predicted molar refractivity (Wildman–Crippen MR) is 152 cm³/mol. The van der Waals surface area contributed by atoms with Crippen LogP contribution in [0.25, 0.3) is 0 Å². The lowest BCUT2D eigenvalue weighted by Gasteiger charge is -2.38. The van der Waals surface area contributed by atoms with Crippen LogP contribution in [-0.4, -0.2) is 59.6 Å². The van der Waals surface area contributed by atoms with Crippen LogP contribution in [-0.2, 0) is 0 Å². The van der Waals surface area contributed by atoms with E-state index in [1.807, 2.05) is 44.4 Å². The number of methoxy groups -OCH3 is 1. The van der Waals surface area contributed by atoms with E-state index in [-0.39, 0.29) is 11.9 Å². The molecule has 202 valence electrons. The largest absolute Gasteiger partial charge is 0.497 e. The fraction of sp³-hybridized carbons (Fsp3) is 0.433. The van der Waals surface area contributed by atoms with Crippen LogP contribution in [0.3, 0.4) is 0 Å². The number of hydrogen-bond donors (Lipinski definition) is 2. The second-order valence-corrected chi connectivity index (χ2v) is 10.5. The lowest BCUT2D eigenvalue weighted by Crippen LogP contribution is -2.47. The Bertz CT molecular complexity index is 1170. The number of carbonyl (C=O) groups excluding carboxylic acids is 1. The van der Waals surface area contributed by atoms with Gasteiger partial charge in [0.2, 0.25) is 0 Å². The van der Waals surface area contributed by atoms with Crippen LogP contribution in [0.15, 0.2) is 54.9 Å². The smallest absolute Gasteiger partial charge is 0.253 e. The minimum absolute atomic E-state index is 0.0769. The maximum atomic E-state index is 12.7. The monoisotopic (exact) mass is 535 g/mol. The van der Waals surface area contributed by atoms with Crippen molar-refractivity contribution in [1.82, 2.24) is 25.5 Å². The fourth-order valence-electron chi connectivity index (χ4n) is 5.26. The summed E-state index contributed by atoms with van der Waals surface area (Å²) in [7, 11) is 1.69. The van der Waals surface area contributed by atoms with Crippen molar-refractivity contribution in [1.29, 1.82) is 0 Å². The molecule has 1 aliphatic rings. The number of halogens is 1. The van der Waals surface area contributed by atoms with Crippen molar-refractivity contribution in [2.75, 3.05) is 26.7 Å². The lowest BCUT2D eigenvalue weighted by molar-refractivity contribution is 0.0942. The van der Waals surface area contributed by atoms with Crippen molar-refractivity contribution >= 4 is 17.5 Å². The minimum Gasteiger partial charge on any atom is -0.497 e. The van der Waals surface area contributed by atoms with Gasteiger partial charge in [-0.15, -0.1) is 0 Å². The van der Waals surface area contributed by atoms with Crippen LogP contribution in [0.4, 0.5) is 0 Å². The summed E-state index contributed by atoms with van der Waals surface area (Å²) in [6.45, 7) is 8.63. The molecule has 1 unspecified atom stereocenters. The van der Waals surface area contributed by atoms with Crippen molar-refractivity contribution in [3.8, 4) is 5.75 Å². The van der Waals surface area contributed by atoms with Crippen LogP contribution in [0.1, 0.15) is 65.0 Å². The quantitative estimate of drug-likeness (QED) is 0.351. The van der Waals surface area contributed by atoms with E-state index in [1.54, 1.807) is 13.2 Å². The number of piperidine rings is 1. The van der Waals surface area contributed by atoms with E-state index in [1.165, 1.54) is 5.56 Å². The molecule has 1 fully saturated rings. The van der Waals surface area contributed by atoms with E-state index in [0.717, 1.165) is 49.2 Å². The normalized spacial score (nSPS) is 16.1. The number of hydrogen-bond acceptors (Lipinski definition) is 6. The van der Waals surface area contributed by atoms with Gasteiger partial charge >= 0.3 is 0 Å². The third kappa shape index (κ3) is 7.10. The highest BCUT2D eigenvalue weighted by Gasteiger charge is 2.26. The molecule has 2 atom stereocenters. The van der Waals surface area contributed by atoms with Gasteiger partial charge in [0.1, 0.15) is 10.9 Å². The molecule has 1 aromatic carbocycles. The Hall–Kier alpha value is -3.00. The zero-order valence-electron chi connectivity index (χ0n) is 22.7. The Labute approximate surface area is 231 Å². The number of pyridine rings is 2. The Morgan fingerprint density at radius 1 is 1.16 bits per heavy atom. The van der Waals surface area contributed by atoms with Crippen molar-refractivity contribution in [3.05, 3.63) is 88.0 Å². The van der Waals surface area contributed by atoms with Gasteiger partial charge in [0.25, 0.3) is 5.91 Å². The van der Waals surface area contributed by atoms with Gasteiger partial charge in [-0.05, 0) is 94.1 Å². The SMILES string of the molecule is COc1ccc(C(NC2CCN([C@H](C)CCNC(=O)c3c(C)cc(Cl)nc3C)CC2)c2cccnc2)cc1. The number of benzene rings is 1. The lowest BCUT2D eigenvalue weighted by atomic mass is 9.96. The molecule has 1 aliphatic heterocycles. The first kappa shape index (κ1) is 28.0. The van der Waals surface area contributed by atoms with E-state index in [2.05, 4.69) is 50.6 Å². The van der Waals surface area contributed by atoms with Crippen molar-refractivity contribution < 1.29 is 9.53 Å². The summed E-state index contributed by atoms with van der Waals surface area (Å²) in [6.07, 6.45) is 6.78. The molecule has 1 amide bonds. The summed E-state index contributed by atoms with van der Waals surface area (Å²) < 4.78 is 5.35. The molecule has 0 spiro atoms. The maximum absolute atomic E-state index is 12.7. The average Bonchev–Trinajstić information content (AvgIpc) is 2.92. The van der Waals surface area contributed by atoms with Crippen LogP contribution in [0.2, 0.25) is 5.15 Å². The molecule has 2 aromatic heterocycles. The second-order valence-electron chi connectivity index (χ2n) is 10.1. The summed E-state index contributed by atoms with van der Waals surface area (Å²) in [5, 5.41) is 7.39. The predicted octanol–water partition coefficient (Wildman–Crippen LogP) is 5.11. The Balaban J connectivity index is 1.28. The highest BCUT2D eigenvalue weighted by atomic mass is 35.5. The molecule has 0 aliphatic carbocycles. The van der Waals surface area contributed by atoms with Gasteiger partial charge in [-0.3, -0.25) is 9.78 Å². The van der Waals surface area contributed by atoms with Crippen molar-refractivity contribution in [2.45, 2.75) is 58.2 Å². The molecule has 3 heterocycles. The highest BCUT2D eigenvalue weighted by Crippen LogP contribution is 2.26. The zero-order valence-corrected chi connectivity index (χ0v) is 23.5. The number of carbonyl (C=O) groups is 1. The highest BCUT2D eigenvalue weighted by molar-refractivity contribution is 6.29. The van der Waals surface area contributed by atoms with Crippen LogP contribution < -0.4 is 15.4 Å². The number of amides is 1. The average molecular weight is 536 g/mol. The number of aromatic nitrogens is 2. The number of nitrogens with zero attached hydrogens (tertiary/aromatic N) is 3. The van der Waals surface area contributed by atoms with Crippen molar-refractivity contribution in [2.24, 2.45) is 0 Å². The molecule has 0 saturated carbocycles. The van der Waals surface area contributed by atoms with Gasteiger partial charge in [0, 0.05) is 31.0 Å². The third-order valence-corrected chi connectivity index (χ3v) is 7.66. The molecule has 38 heavy (non-hydrogen) atoms. The van der Waals surface area contributed by atoms with Crippen LogP contribution in [0.5, 0.6) is 5.75 Å². The van der Waals surface area contributed by atoms with Crippen LogP contribution in [0, 0.1) is 13.8 Å². The molecule has 3 aromatic rings. The fourth-order valence-corrected chi connectivity index (χ4v) is 5.55. The van der Waals surface area contributed by atoms with Gasteiger partial charge in [-0.2, -0.15) is 0 Å². The molecule has 4 rings (SSSR count). The second kappa shape index (κ2) is 13.2.